The van der Waals surface area contributed by atoms with Gasteiger partial charge in [0.1, 0.15) is 6.04 Å². The van der Waals surface area contributed by atoms with Gasteiger partial charge in [-0.25, -0.2) is 5.43 Å². The van der Waals surface area contributed by atoms with Gasteiger partial charge in [-0.15, -0.1) is 0 Å². The summed E-state index contributed by atoms with van der Waals surface area (Å²) in [4.78, 5) is 19.1. The van der Waals surface area contributed by atoms with Crippen LogP contribution < -0.4 is 5.43 Å². The molecule has 1 fully saturated rings. The maximum atomic E-state index is 12.9. The molecule has 136 valence electrons. The lowest BCUT2D eigenvalue weighted by atomic mass is 10.1. The number of rotatable bonds is 5. The number of carbonyl (C=O) groups is 1. The predicted octanol–water partition coefficient (Wildman–Crippen LogP) is 2.76. The predicted molar refractivity (Wildman–Crippen MR) is 104 cm³/mol. The zero-order valence-electron chi connectivity index (χ0n) is 14.6. The minimum absolute atomic E-state index is 0.158. The van der Waals surface area contributed by atoms with Gasteiger partial charge < -0.3 is 4.74 Å². The SMILES string of the molecule is C/C(=N\NC(=O)C(c1ccncc1)N1CCOCC1)c1ccc(Br)cc1. The molecule has 1 aliphatic rings. The second-order valence-electron chi connectivity index (χ2n) is 6.01. The topological polar surface area (TPSA) is 66.8 Å². The summed E-state index contributed by atoms with van der Waals surface area (Å²) in [6, 6.07) is 11.1. The molecule has 1 aromatic heterocycles. The molecule has 1 atom stereocenters. The molecule has 7 heteroatoms. The first-order valence-corrected chi connectivity index (χ1v) is 9.26. The van der Waals surface area contributed by atoms with Gasteiger partial charge in [0, 0.05) is 30.0 Å². The summed E-state index contributed by atoms with van der Waals surface area (Å²) in [5.74, 6) is -0.158. The van der Waals surface area contributed by atoms with Gasteiger partial charge in [-0.3, -0.25) is 14.7 Å². The molecule has 0 saturated carbocycles. The molecule has 1 saturated heterocycles. The smallest absolute Gasteiger partial charge is 0.262 e. The van der Waals surface area contributed by atoms with Crippen LogP contribution in [0.3, 0.4) is 0 Å². The number of halogens is 1. The lowest BCUT2D eigenvalue weighted by Crippen LogP contribution is -2.45. The number of ether oxygens (including phenoxy) is 1. The van der Waals surface area contributed by atoms with Gasteiger partial charge in [-0.1, -0.05) is 28.1 Å². The number of carbonyl (C=O) groups excluding carboxylic acids is 1. The maximum Gasteiger partial charge on any atom is 0.262 e. The Labute approximate surface area is 161 Å². The first-order valence-electron chi connectivity index (χ1n) is 8.47. The van der Waals surface area contributed by atoms with E-state index in [-0.39, 0.29) is 5.91 Å². The Balaban J connectivity index is 1.76. The fraction of sp³-hybridized carbons (Fsp3) is 0.316. The number of aromatic nitrogens is 1. The Hall–Kier alpha value is -2.09. The van der Waals surface area contributed by atoms with Gasteiger partial charge in [0.05, 0.1) is 18.9 Å². The lowest BCUT2D eigenvalue weighted by Gasteiger charge is -2.33. The molecule has 1 N–H and O–H groups in total. The number of morpholine rings is 1. The Kier molecular flexibility index (Phi) is 6.49. The monoisotopic (exact) mass is 416 g/mol. The van der Waals surface area contributed by atoms with E-state index in [0.29, 0.717) is 26.3 Å². The van der Waals surface area contributed by atoms with Crippen LogP contribution in [0.25, 0.3) is 0 Å². The van der Waals surface area contributed by atoms with Gasteiger partial charge in [-0.2, -0.15) is 5.10 Å². The number of benzene rings is 1. The number of amides is 1. The Bertz CT molecular complexity index is 759. The van der Waals surface area contributed by atoms with Crippen molar-refractivity contribution in [1.82, 2.24) is 15.3 Å². The lowest BCUT2D eigenvalue weighted by molar-refractivity contribution is -0.128. The van der Waals surface area contributed by atoms with E-state index in [1.54, 1.807) is 12.4 Å². The summed E-state index contributed by atoms with van der Waals surface area (Å²) in [5, 5.41) is 4.29. The van der Waals surface area contributed by atoms with Crippen molar-refractivity contribution in [2.75, 3.05) is 26.3 Å². The minimum Gasteiger partial charge on any atom is -0.379 e. The third-order valence-corrected chi connectivity index (χ3v) is 4.81. The second-order valence-corrected chi connectivity index (χ2v) is 6.93. The molecule has 2 heterocycles. The quantitative estimate of drug-likeness (QED) is 0.600. The second kappa shape index (κ2) is 9.02. The van der Waals surface area contributed by atoms with Crippen LogP contribution in [0, 0.1) is 0 Å². The third-order valence-electron chi connectivity index (χ3n) is 4.28. The maximum absolute atomic E-state index is 12.9. The van der Waals surface area contributed by atoms with Gasteiger partial charge in [-0.05, 0) is 42.3 Å². The molecule has 1 aromatic carbocycles. The largest absolute Gasteiger partial charge is 0.379 e. The molecule has 0 aliphatic carbocycles. The van der Waals surface area contributed by atoms with E-state index in [0.717, 1.165) is 21.3 Å². The first-order chi connectivity index (χ1) is 12.6. The molecule has 1 aliphatic heterocycles. The highest BCUT2D eigenvalue weighted by Gasteiger charge is 2.29. The van der Waals surface area contributed by atoms with E-state index in [4.69, 9.17) is 4.74 Å². The molecule has 1 amide bonds. The van der Waals surface area contributed by atoms with Crippen molar-refractivity contribution >= 4 is 27.5 Å². The molecule has 0 bridgehead atoms. The zero-order valence-corrected chi connectivity index (χ0v) is 16.1. The summed E-state index contributed by atoms with van der Waals surface area (Å²) < 4.78 is 6.42. The van der Waals surface area contributed by atoms with Gasteiger partial charge in [0.25, 0.3) is 5.91 Å². The Morgan fingerprint density at radius 3 is 2.50 bits per heavy atom. The Morgan fingerprint density at radius 1 is 1.19 bits per heavy atom. The van der Waals surface area contributed by atoms with E-state index in [1.807, 2.05) is 43.3 Å². The third kappa shape index (κ3) is 4.75. The summed E-state index contributed by atoms with van der Waals surface area (Å²) >= 11 is 3.42. The number of hydrogen-bond acceptors (Lipinski definition) is 5. The molecule has 2 aromatic rings. The summed E-state index contributed by atoms with van der Waals surface area (Å²) in [7, 11) is 0. The zero-order chi connectivity index (χ0) is 18.4. The van der Waals surface area contributed by atoms with Gasteiger partial charge in [0.2, 0.25) is 0 Å². The highest BCUT2D eigenvalue weighted by molar-refractivity contribution is 9.10. The van der Waals surface area contributed by atoms with Crippen molar-refractivity contribution < 1.29 is 9.53 Å². The summed E-state index contributed by atoms with van der Waals surface area (Å²) in [6.07, 6.45) is 3.40. The van der Waals surface area contributed by atoms with Crippen LogP contribution in [0.4, 0.5) is 0 Å². The van der Waals surface area contributed by atoms with Crippen molar-refractivity contribution in [2.24, 2.45) is 5.10 Å². The van der Waals surface area contributed by atoms with E-state index in [1.165, 1.54) is 0 Å². The van der Waals surface area contributed by atoms with Crippen LogP contribution in [0.2, 0.25) is 0 Å². The average molecular weight is 417 g/mol. The molecular formula is C19H21BrN4O2. The van der Waals surface area contributed by atoms with Crippen molar-refractivity contribution in [1.29, 1.82) is 0 Å². The number of nitrogens with zero attached hydrogens (tertiary/aromatic N) is 3. The fourth-order valence-electron chi connectivity index (χ4n) is 2.87. The minimum atomic E-state index is -0.414. The van der Waals surface area contributed by atoms with Crippen LogP contribution >= 0.6 is 15.9 Å². The van der Waals surface area contributed by atoms with Gasteiger partial charge in [0.15, 0.2) is 0 Å². The van der Waals surface area contributed by atoms with Crippen LogP contribution in [-0.2, 0) is 9.53 Å². The molecular weight excluding hydrogens is 396 g/mol. The molecule has 3 rings (SSSR count). The van der Waals surface area contributed by atoms with Crippen LogP contribution in [0.1, 0.15) is 24.1 Å². The van der Waals surface area contributed by atoms with E-state index in [9.17, 15) is 4.79 Å². The molecule has 1 unspecified atom stereocenters. The van der Waals surface area contributed by atoms with E-state index >= 15 is 0 Å². The summed E-state index contributed by atoms with van der Waals surface area (Å²) in [5.41, 5.74) is 5.33. The fourth-order valence-corrected chi connectivity index (χ4v) is 3.13. The van der Waals surface area contributed by atoms with Crippen LogP contribution in [0.5, 0.6) is 0 Å². The number of nitrogens with one attached hydrogen (secondary N) is 1. The number of hydrogen-bond donors (Lipinski definition) is 1. The highest BCUT2D eigenvalue weighted by Crippen LogP contribution is 2.21. The molecule has 6 nitrogen and oxygen atoms in total. The van der Waals surface area contributed by atoms with E-state index in [2.05, 4.69) is 36.3 Å². The van der Waals surface area contributed by atoms with Crippen LogP contribution in [-0.4, -0.2) is 47.8 Å². The number of pyridine rings is 1. The van der Waals surface area contributed by atoms with Crippen LogP contribution in [0.15, 0.2) is 58.4 Å². The summed E-state index contributed by atoms with van der Waals surface area (Å²) in [6.45, 7) is 4.53. The normalized spacial score (nSPS) is 16.9. The van der Waals surface area contributed by atoms with Crippen molar-refractivity contribution in [3.05, 3.63) is 64.4 Å². The highest BCUT2D eigenvalue weighted by atomic mass is 79.9. The number of hydrazone groups is 1. The van der Waals surface area contributed by atoms with Crippen molar-refractivity contribution in [3.8, 4) is 0 Å². The standard InChI is InChI=1S/C19H21BrN4O2/c1-14(15-2-4-17(20)5-3-15)22-23-19(25)18(16-6-8-21-9-7-16)24-10-12-26-13-11-24/h2-9,18H,10-13H2,1H3,(H,23,25)/b22-14+. The molecule has 26 heavy (non-hydrogen) atoms. The van der Waals surface area contributed by atoms with Gasteiger partial charge >= 0.3 is 0 Å². The average Bonchev–Trinajstić information content (AvgIpc) is 2.68. The first kappa shape index (κ1) is 18.7. The van der Waals surface area contributed by atoms with Crippen molar-refractivity contribution in [2.45, 2.75) is 13.0 Å². The Morgan fingerprint density at radius 2 is 1.85 bits per heavy atom. The van der Waals surface area contributed by atoms with Crippen molar-refractivity contribution in [3.63, 3.8) is 0 Å². The molecule has 0 radical (unpaired) electrons. The molecule has 0 spiro atoms. The van der Waals surface area contributed by atoms with E-state index < -0.39 is 6.04 Å².